The van der Waals surface area contributed by atoms with Gasteiger partial charge in [0.1, 0.15) is 5.75 Å². The van der Waals surface area contributed by atoms with E-state index in [1.54, 1.807) is 18.2 Å². The molecule has 0 aliphatic carbocycles. The van der Waals surface area contributed by atoms with Gasteiger partial charge in [0.15, 0.2) is 0 Å². The molecule has 2 N–H and O–H groups in total. The van der Waals surface area contributed by atoms with E-state index in [9.17, 15) is 9.90 Å². The van der Waals surface area contributed by atoms with Crippen LogP contribution >= 0.6 is 0 Å². The van der Waals surface area contributed by atoms with Crippen molar-refractivity contribution in [2.75, 3.05) is 19.0 Å². The van der Waals surface area contributed by atoms with E-state index in [2.05, 4.69) is 11.4 Å². The predicted molar refractivity (Wildman–Crippen MR) is 106 cm³/mol. The second-order valence-electron chi connectivity index (χ2n) is 6.14. The summed E-state index contributed by atoms with van der Waals surface area (Å²) in [6.45, 7) is 2.72. The molecule has 0 unspecified atom stereocenters. The number of anilines is 1. The molecule has 26 heavy (non-hydrogen) atoms. The van der Waals surface area contributed by atoms with Crippen LogP contribution in [-0.2, 0) is 4.74 Å². The average Bonchev–Trinajstić information content (AvgIpc) is 2.67. The summed E-state index contributed by atoms with van der Waals surface area (Å²) >= 11 is 0. The first-order valence-corrected chi connectivity index (χ1v) is 8.38. The molecule has 3 aromatic rings. The van der Waals surface area contributed by atoms with Gasteiger partial charge in [-0.3, -0.25) is 0 Å². The zero-order valence-electron chi connectivity index (χ0n) is 14.8. The molecule has 0 spiro atoms. The second kappa shape index (κ2) is 7.74. The molecular formula is C22H21NO3. The molecule has 3 aromatic carbocycles. The molecule has 0 atom stereocenters. The summed E-state index contributed by atoms with van der Waals surface area (Å²) in [5, 5.41) is 15.2. The Bertz CT molecular complexity index is 959. The van der Waals surface area contributed by atoms with Gasteiger partial charge in [-0.25, -0.2) is 4.79 Å². The van der Waals surface area contributed by atoms with Gasteiger partial charge in [0, 0.05) is 23.0 Å². The van der Waals surface area contributed by atoms with Gasteiger partial charge in [0.2, 0.25) is 0 Å². The van der Waals surface area contributed by atoms with Crippen molar-refractivity contribution in [1.29, 1.82) is 0 Å². The molecule has 4 heteroatoms. The summed E-state index contributed by atoms with van der Waals surface area (Å²) in [6, 6.07) is 18.7. The van der Waals surface area contributed by atoms with Gasteiger partial charge in [-0.1, -0.05) is 48.0 Å². The Morgan fingerprint density at radius 2 is 1.73 bits per heavy atom. The summed E-state index contributed by atoms with van der Waals surface area (Å²) in [6.07, 6.45) is 2.07. The van der Waals surface area contributed by atoms with E-state index in [4.69, 9.17) is 4.74 Å². The van der Waals surface area contributed by atoms with Crippen LogP contribution in [-0.4, -0.2) is 24.7 Å². The van der Waals surface area contributed by atoms with Crippen molar-refractivity contribution in [3.05, 3.63) is 77.4 Å². The Labute approximate surface area is 152 Å². The lowest BCUT2D eigenvalue weighted by Gasteiger charge is -2.11. The van der Waals surface area contributed by atoms with Crippen molar-refractivity contribution in [2.24, 2.45) is 0 Å². The highest BCUT2D eigenvalue weighted by Crippen LogP contribution is 2.29. The minimum Gasteiger partial charge on any atom is -0.507 e. The van der Waals surface area contributed by atoms with Crippen LogP contribution in [0.3, 0.4) is 0 Å². The molecular weight excluding hydrogens is 326 g/mol. The Morgan fingerprint density at radius 1 is 1.04 bits per heavy atom. The number of carbonyl (C=O) groups is 1. The fourth-order valence-electron chi connectivity index (χ4n) is 2.85. The minimum atomic E-state index is -0.335. The van der Waals surface area contributed by atoms with Crippen molar-refractivity contribution in [2.45, 2.75) is 6.92 Å². The van der Waals surface area contributed by atoms with E-state index in [1.165, 1.54) is 7.11 Å². The van der Waals surface area contributed by atoms with Crippen LogP contribution in [0.5, 0.6) is 5.75 Å². The number of hydrogen-bond donors (Lipinski definition) is 2. The first-order chi connectivity index (χ1) is 12.6. The van der Waals surface area contributed by atoms with Crippen LogP contribution in [0.1, 0.15) is 22.8 Å². The van der Waals surface area contributed by atoms with Crippen LogP contribution in [0.15, 0.2) is 66.2 Å². The number of fused-ring (bicyclic) bond motifs is 1. The van der Waals surface area contributed by atoms with Gasteiger partial charge in [-0.15, -0.1) is 0 Å². The summed E-state index contributed by atoms with van der Waals surface area (Å²) in [5.41, 5.74) is 3.68. The molecule has 0 heterocycles. The first kappa shape index (κ1) is 17.5. The zero-order chi connectivity index (χ0) is 18.5. The highest BCUT2D eigenvalue weighted by molar-refractivity contribution is 5.97. The molecule has 0 aliphatic heterocycles. The fraction of sp³-hybridized carbons (Fsp3) is 0.136. The van der Waals surface area contributed by atoms with Crippen LogP contribution < -0.4 is 5.32 Å². The van der Waals surface area contributed by atoms with E-state index in [0.29, 0.717) is 12.1 Å². The highest BCUT2D eigenvalue weighted by atomic mass is 16.5. The van der Waals surface area contributed by atoms with Gasteiger partial charge in [0.25, 0.3) is 0 Å². The molecule has 0 amide bonds. The molecule has 0 saturated heterocycles. The van der Waals surface area contributed by atoms with Gasteiger partial charge in [0.05, 0.1) is 12.7 Å². The van der Waals surface area contributed by atoms with Gasteiger partial charge in [-0.05, 0) is 36.8 Å². The number of nitrogens with one attached hydrogen (secondary N) is 1. The van der Waals surface area contributed by atoms with Gasteiger partial charge in [-0.2, -0.15) is 0 Å². The lowest BCUT2D eigenvalue weighted by atomic mass is 10.1. The quantitative estimate of drug-likeness (QED) is 0.648. The number of methoxy groups -OCH3 is 1. The largest absolute Gasteiger partial charge is 0.507 e. The van der Waals surface area contributed by atoms with Crippen molar-refractivity contribution >= 4 is 28.5 Å². The maximum absolute atomic E-state index is 11.5. The smallest absolute Gasteiger partial charge is 0.337 e. The van der Waals surface area contributed by atoms with Crippen molar-refractivity contribution < 1.29 is 14.6 Å². The molecule has 0 saturated carbocycles. The second-order valence-corrected chi connectivity index (χ2v) is 6.14. The summed E-state index contributed by atoms with van der Waals surface area (Å²) in [7, 11) is 1.37. The lowest BCUT2D eigenvalue weighted by molar-refractivity contribution is 0.0600. The van der Waals surface area contributed by atoms with Crippen LogP contribution in [0.25, 0.3) is 16.8 Å². The molecule has 0 fully saturated rings. The third kappa shape index (κ3) is 3.86. The number of benzene rings is 3. The van der Waals surface area contributed by atoms with Crippen molar-refractivity contribution in [3.8, 4) is 5.75 Å². The number of hydrogen-bond acceptors (Lipinski definition) is 4. The lowest BCUT2D eigenvalue weighted by Crippen LogP contribution is -2.03. The first-order valence-electron chi connectivity index (χ1n) is 8.38. The number of ether oxygens (including phenoxy) is 1. The predicted octanol–water partition coefficient (Wildman–Crippen LogP) is 4.85. The summed E-state index contributed by atoms with van der Waals surface area (Å²) in [4.78, 5) is 11.5. The topological polar surface area (TPSA) is 58.6 Å². The Morgan fingerprint density at radius 3 is 2.46 bits per heavy atom. The number of carbonyl (C=O) groups excluding carboxylic acids is 1. The molecule has 132 valence electrons. The monoisotopic (exact) mass is 347 g/mol. The number of phenols is 1. The number of phenolic OH excluding ortho intramolecular Hbond substituents is 1. The maximum Gasteiger partial charge on any atom is 0.337 e. The van der Waals surface area contributed by atoms with Crippen LogP contribution in [0.2, 0.25) is 0 Å². The van der Waals surface area contributed by atoms with Crippen LogP contribution in [0.4, 0.5) is 5.69 Å². The molecule has 0 aromatic heterocycles. The van der Waals surface area contributed by atoms with E-state index >= 15 is 0 Å². The van der Waals surface area contributed by atoms with Gasteiger partial charge < -0.3 is 15.2 Å². The number of aromatic hydroxyl groups is 1. The van der Waals surface area contributed by atoms with E-state index in [1.807, 2.05) is 49.4 Å². The SMILES string of the molecule is COC(=O)c1ccc(C=C(C)CNc2cccc3c(O)cccc23)cc1. The maximum atomic E-state index is 11.5. The van der Waals surface area contributed by atoms with Gasteiger partial charge >= 0.3 is 5.97 Å². The van der Waals surface area contributed by atoms with Crippen molar-refractivity contribution in [3.63, 3.8) is 0 Å². The number of esters is 1. The number of rotatable bonds is 5. The standard InChI is InChI=1S/C22H21NO3/c1-15(13-16-9-11-17(12-10-16)22(25)26-2)14-23-20-7-3-6-19-18(20)5-4-8-21(19)24/h3-13,23-24H,14H2,1-2H3. The van der Waals surface area contributed by atoms with E-state index < -0.39 is 0 Å². The van der Waals surface area contributed by atoms with E-state index in [0.717, 1.165) is 27.6 Å². The fourth-order valence-corrected chi connectivity index (χ4v) is 2.85. The third-order valence-electron chi connectivity index (χ3n) is 4.20. The van der Waals surface area contributed by atoms with Crippen molar-refractivity contribution in [1.82, 2.24) is 0 Å². The van der Waals surface area contributed by atoms with Crippen LogP contribution in [0, 0.1) is 0 Å². The van der Waals surface area contributed by atoms with E-state index in [-0.39, 0.29) is 11.7 Å². The Balaban J connectivity index is 1.73. The molecule has 0 bridgehead atoms. The third-order valence-corrected chi connectivity index (χ3v) is 4.20. The zero-order valence-corrected chi connectivity index (χ0v) is 14.8. The Kier molecular flexibility index (Phi) is 5.23. The molecule has 0 radical (unpaired) electrons. The summed E-state index contributed by atoms with van der Waals surface area (Å²) in [5.74, 6) is -0.0535. The molecule has 0 aliphatic rings. The molecule has 4 nitrogen and oxygen atoms in total. The normalized spacial score (nSPS) is 11.4. The molecule has 3 rings (SSSR count). The Hall–Kier alpha value is -3.27. The highest BCUT2D eigenvalue weighted by Gasteiger charge is 2.05. The minimum absolute atomic E-state index is 0.282. The average molecular weight is 347 g/mol. The summed E-state index contributed by atoms with van der Waals surface area (Å²) < 4.78 is 4.71.